The van der Waals surface area contributed by atoms with Crippen molar-refractivity contribution < 1.29 is 25.2 Å². The van der Waals surface area contributed by atoms with Gasteiger partial charge in [0.05, 0.1) is 0 Å². The number of hydrogen-bond acceptors (Lipinski definition) is 6. The quantitative estimate of drug-likeness (QED) is 0.584. The predicted molar refractivity (Wildman–Crippen MR) is 99.7 cm³/mol. The van der Waals surface area contributed by atoms with E-state index in [1.807, 2.05) is 0 Å². The van der Waals surface area contributed by atoms with Gasteiger partial charge in [0.15, 0.2) is 11.5 Å². The lowest BCUT2D eigenvalue weighted by Gasteiger charge is -2.13. The monoisotopic (exact) mass is 404 g/mol. The zero-order chi connectivity index (χ0) is 19.5. The first-order valence-corrected chi connectivity index (χ1v) is 10.7. The van der Waals surface area contributed by atoms with E-state index in [9.17, 15) is 16.8 Å². The molecule has 140 valence electrons. The standard InChI is InChI=1S/C19H16O6S2/c1-15-12-13-18(24-26(20,21)16-8-4-2-5-9-16)19(14-15)25-27(22,23)17-10-6-3-7-11-17/h2-14H,1H3. The molecule has 0 fully saturated rings. The molecule has 3 aromatic rings. The minimum atomic E-state index is -4.15. The van der Waals surface area contributed by atoms with Crippen LogP contribution in [0.25, 0.3) is 0 Å². The van der Waals surface area contributed by atoms with Crippen molar-refractivity contribution in [2.75, 3.05) is 0 Å². The molecule has 0 aliphatic rings. The SMILES string of the molecule is Cc1ccc(OS(=O)(=O)c2ccccc2)c(OS(=O)(=O)c2ccccc2)c1. The topological polar surface area (TPSA) is 86.7 Å². The van der Waals surface area contributed by atoms with Gasteiger partial charge in [-0.2, -0.15) is 16.8 Å². The molecule has 0 saturated heterocycles. The van der Waals surface area contributed by atoms with Gasteiger partial charge in [0.2, 0.25) is 0 Å². The average Bonchev–Trinajstić information content (AvgIpc) is 2.65. The Morgan fingerprint density at radius 1 is 0.593 bits per heavy atom. The van der Waals surface area contributed by atoms with E-state index in [-0.39, 0.29) is 21.3 Å². The van der Waals surface area contributed by atoms with E-state index in [1.165, 1.54) is 36.4 Å². The third kappa shape index (κ3) is 4.47. The van der Waals surface area contributed by atoms with Crippen LogP contribution in [0.5, 0.6) is 11.5 Å². The van der Waals surface area contributed by atoms with E-state index in [0.717, 1.165) is 0 Å². The maximum atomic E-state index is 12.5. The van der Waals surface area contributed by atoms with Gasteiger partial charge in [-0.15, -0.1) is 0 Å². The lowest BCUT2D eigenvalue weighted by molar-refractivity contribution is 0.449. The van der Waals surface area contributed by atoms with Crippen molar-refractivity contribution in [3.63, 3.8) is 0 Å². The van der Waals surface area contributed by atoms with Gasteiger partial charge in [0.1, 0.15) is 9.79 Å². The molecule has 0 spiro atoms. The molecule has 0 radical (unpaired) electrons. The Morgan fingerprint density at radius 3 is 1.52 bits per heavy atom. The molecule has 27 heavy (non-hydrogen) atoms. The highest BCUT2D eigenvalue weighted by Gasteiger charge is 2.23. The molecule has 0 N–H and O–H groups in total. The molecular formula is C19H16O6S2. The van der Waals surface area contributed by atoms with Crippen LogP contribution in [0.2, 0.25) is 0 Å². The van der Waals surface area contributed by atoms with E-state index in [0.29, 0.717) is 5.56 Å². The summed E-state index contributed by atoms with van der Waals surface area (Å²) in [6.07, 6.45) is 0. The van der Waals surface area contributed by atoms with Crippen molar-refractivity contribution in [3.8, 4) is 11.5 Å². The predicted octanol–water partition coefficient (Wildman–Crippen LogP) is 3.53. The largest absolute Gasteiger partial charge is 0.375 e. The van der Waals surface area contributed by atoms with Crippen LogP contribution in [0.3, 0.4) is 0 Å². The molecule has 3 rings (SSSR count). The molecule has 0 heterocycles. The fraction of sp³-hybridized carbons (Fsp3) is 0.0526. The first-order valence-electron chi connectivity index (χ1n) is 7.88. The van der Waals surface area contributed by atoms with Gasteiger partial charge in [0, 0.05) is 0 Å². The smallest absolute Gasteiger partial charge is 0.339 e. The van der Waals surface area contributed by atoms with Crippen molar-refractivity contribution in [1.29, 1.82) is 0 Å². The molecule has 0 aliphatic heterocycles. The summed E-state index contributed by atoms with van der Waals surface area (Å²) in [4.78, 5) is -0.106. The molecule has 0 unspecified atom stereocenters. The van der Waals surface area contributed by atoms with E-state index < -0.39 is 20.2 Å². The van der Waals surface area contributed by atoms with Gasteiger partial charge in [0.25, 0.3) is 0 Å². The van der Waals surface area contributed by atoms with Crippen molar-refractivity contribution >= 4 is 20.2 Å². The van der Waals surface area contributed by atoms with Gasteiger partial charge < -0.3 is 8.37 Å². The van der Waals surface area contributed by atoms with Crippen LogP contribution < -0.4 is 8.37 Å². The molecule has 0 bridgehead atoms. The van der Waals surface area contributed by atoms with E-state index in [1.54, 1.807) is 49.4 Å². The van der Waals surface area contributed by atoms with Gasteiger partial charge in [-0.25, -0.2) is 0 Å². The fourth-order valence-corrected chi connectivity index (χ4v) is 4.17. The first kappa shape index (κ1) is 18.9. The van der Waals surface area contributed by atoms with Crippen molar-refractivity contribution in [2.24, 2.45) is 0 Å². The minimum Gasteiger partial charge on any atom is -0.375 e. The highest BCUT2D eigenvalue weighted by molar-refractivity contribution is 7.87. The molecule has 0 aliphatic carbocycles. The molecule has 0 atom stereocenters. The van der Waals surface area contributed by atoms with Crippen LogP contribution >= 0.6 is 0 Å². The Kier molecular flexibility index (Phi) is 5.20. The number of aryl methyl sites for hydroxylation is 1. The van der Waals surface area contributed by atoms with Crippen LogP contribution in [-0.2, 0) is 20.2 Å². The van der Waals surface area contributed by atoms with Crippen LogP contribution in [-0.4, -0.2) is 16.8 Å². The molecule has 3 aromatic carbocycles. The molecule has 6 nitrogen and oxygen atoms in total. The van der Waals surface area contributed by atoms with E-state index in [4.69, 9.17) is 8.37 Å². The van der Waals surface area contributed by atoms with Crippen molar-refractivity contribution in [1.82, 2.24) is 0 Å². The Hall–Kier alpha value is -2.84. The number of benzene rings is 3. The second-order valence-electron chi connectivity index (χ2n) is 5.65. The normalized spacial score (nSPS) is 11.7. The Labute approximate surface area is 158 Å². The highest BCUT2D eigenvalue weighted by atomic mass is 32.2. The summed E-state index contributed by atoms with van der Waals surface area (Å²) in [5.41, 5.74) is 0.678. The van der Waals surface area contributed by atoms with E-state index in [2.05, 4.69) is 0 Å². The Bertz CT molecular complexity index is 1140. The summed E-state index contributed by atoms with van der Waals surface area (Å²) in [6.45, 7) is 1.72. The second-order valence-corrected chi connectivity index (χ2v) is 8.74. The minimum absolute atomic E-state index is 0.0524. The summed E-state index contributed by atoms with van der Waals surface area (Å²) in [6, 6.07) is 19.4. The summed E-state index contributed by atoms with van der Waals surface area (Å²) < 4.78 is 60.1. The Balaban J connectivity index is 1.97. The van der Waals surface area contributed by atoms with Gasteiger partial charge in [-0.3, -0.25) is 0 Å². The fourth-order valence-electron chi connectivity index (χ4n) is 2.26. The maximum Gasteiger partial charge on any atom is 0.339 e. The van der Waals surface area contributed by atoms with Gasteiger partial charge in [-0.05, 0) is 48.9 Å². The molecular weight excluding hydrogens is 388 g/mol. The third-order valence-electron chi connectivity index (χ3n) is 3.56. The Morgan fingerprint density at radius 2 is 1.04 bits per heavy atom. The van der Waals surface area contributed by atoms with Crippen molar-refractivity contribution in [3.05, 3.63) is 84.4 Å². The van der Waals surface area contributed by atoms with Gasteiger partial charge in [-0.1, -0.05) is 42.5 Å². The van der Waals surface area contributed by atoms with Crippen LogP contribution in [0.15, 0.2) is 88.7 Å². The number of rotatable bonds is 6. The average molecular weight is 404 g/mol. The zero-order valence-corrected chi connectivity index (χ0v) is 15.9. The summed E-state index contributed by atoms with van der Waals surface area (Å²) in [5, 5.41) is 0. The first-order chi connectivity index (χ1) is 12.8. The summed E-state index contributed by atoms with van der Waals surface area (Å²) in [5.74, 6) is -0.428. The molecule has 8 heteroatoms. The van der Waals surface area contributed by atoms with Gasteiger partial charge >= 0.3 is 20.2 Å². The van der Waals surface area contributed by atoms with Crippen molar-refractivity contribution in [2.45, 2.75) is 16.7 Å². The lowest BCUT2D eigenvalue weighted by Crippen LogP contribution is -2.13. The van der Waals surface area contributed by atoms with Crippen LogP contribution in [0.4, 0.5) is 0 Å². The third-order valence-corrected chi connectivity index (χ3v) is 6.06. The highest BCUT2D eigenvalue weighted by Crippen LogP contribution is 2.33. The maximum absolute atomic E-state index is 12.5. The van der Waals surface area contributed by atoms with Crippen LogP contribution in [0, 0.1) is 6.92 Å². The number of hydrogen-bond donors (Lipinski definition) is 0. The molecule has 0 amide bonds. The molecule has 0 saturated carbocycles. The van der Waals surface area contributed by atoms with Crippen LogP contribution in [0.1, 0.15) is 5.56 Å². The lowest BCUT2D eigenvalue weighted by atomic mass is 10.2. The molecule has 0 aromatic heterocycles. The summed E-state index contributed by atoms with van der Waals surface area (Å²) >= 11 is 0. The second kappa shape index (κ2) is 7.42. The zero-order valence-electron chi connectivity index (χ0n) is 14.3. The van der Waals surface area contributed by atoms with E-state index >= 15 is 0 Å². The summed E-state index contributed by atoms with van der Waals surface area (Å²) in [7, 11) is -8.29.